The molecule has 3 aromatic rings. The van der Waals surface area contributed by atoms with E-state index in [-0.39, 0.29) is 0 Å². The van der Waals surface area contributed by atoms with Crippen LogP contribution in [0.2, 0.25) is 0 Å². The molecule has 3 heteroatoms. The maximum Gasteiger partial charge on any atom is 0.123 e. The summed E-state index contributed by atoms with van der Waals surface area (Å²) in [6.45, 7) is 1.11. The molecule has 0 unspecified atom stereocenters. The van der Waals surface area contributed by atoms with Crippen LogP contribution in [0.3, 0.4) is 0 Å². The Morgan fingerprint density at radius 1 is 0.615 bits per heavy atom. The van der Waals surface area contributed by atoms with Crippen LogP contribution in [0.1, 0.15) is 23.1 Å². The molecule has 26 heavy (non-hydrogen) atoms. The highest BCUT2D eigenvalue weighted by molar-refractivity contribution is 9.09. The normalized spacial score (nSPS) is 10.5. The molecule has 0 saturated heterocycles. The van der Waals surface area contributed by atoms with Crippen molar-refractivity contribution >= 4 is 15.9 Å². The van der Waals surface area contributed by atoms with Gasteiger partial charge in [0.1, 0.15) is 24.7 Å². The van der Waals surface area contributed by atoms with Crippen molar-refractivity contribution < 1.29 is 9.47 Å². The Hall–Kier alpha value is -2.26. The van der Waals surface area contributed by atoms with Crippen LogP contribution >= 0.6 is 15.9 Å². The van der Waals surface area contributed by atoms with Gasteiger partial charge in [0.25, 0.3) is 0 Å². The van der Waals surface area contributed by atoms with Crippen molar-refractivity contribution in [1.29, 1.82) is 0 Å². The lowest BCUT2D eigenvalue weighted by Crippen LogP contribution is -1.99. The minimum Gasteiger partial charge on any atom is -0.489 e. The molecule has 0 N–H and O–H groups in total. The standard InChI is InChI=1S/C23H23BrO2/c24-13-7-12-21-14-22(25-17-19-8-3-1-4-9-19)16-23(15-21)26-18-20-10-5-2-6-11-20/h1-6,8-11,14-16H,7,12-13,17-18H2. The molecule has 0 aliphatic rings. The van der Waals surface area contributed by atoms with Gasteiger partial charge in [0.2, 0.25) is 0 Å². The number of halogens is 1. The minimum absolute atomic E-state index is 0.556. The molecule has 134 valence electrons. The maximum atomic E-state index is 6.01. The van der Waals surface area contributed by atoms with E-state index in [2.05, 4.69) is 52.3 Å². The van der Waals surface area contributed by atoms with Gasteiger partial charge in [0.15, 0.2) is 0 Å². The Morgan fingerprint density at radius 2 is 1.12 bits per heavy atom. The number of aryl methyl sites for hydroxylation is 1. The van der Waals surface area contributed by atoms with Crippen LogP contribution in [-0.2, 0) is 19.6 Å². The van der Waals surface area contributed by atoms with Crippen molar-refractivity contribution in [3.05, 3.63) is 95.6 Å². The van der Waals surface area contributed by atoms with Crippen LogP contribution in [0.5, 0.6) is 11.5 Å². The summed E-state index contributed by atoms with van der Waals surface area (Å²) in [4.78, 5) is 0. The Labute approximate surface area is 163 Å². The highest BCUT2D eigenvalue weighted by Crippen LogP contribution is 2.25. The molecule has 0 aromatic heterocycles. The molecule has 0 atom stereocenters. The summed E-state index contributed by atoms with van der Waals surface area (Å²) in [6.07, 6.45) is 2.08. The van der Waals surface area contributed by atoms with Crippen LogP contribution in [0.25, 0.3) is 0 Å². The largest absolute Gasteiger partial charge is 0.489 e. The molecule has 3 aromatic carbocycles. The zero-order valence-corrected chi connectivity index (χ0v) is 16.3. The van der Waals surface area contributed by atoms with Crippen LogP contribution < -0.4 is 9.47 Å². The third-order valence-electron chi connectivity index (χ3n) is 4.04. The molecule has 0 aliphatic heterocycles. The van der Waals surface area contributed by atoms with Crippen LogP contribution in [0.4, 0.5) is 0 Å². The molecule has 0 bridgehead atoms. The molecule has 0 amide bonds. The van der Waals surface area contributed by atoms with E-state index < -0.39 is 0 Å². The fourth-order valence-electron chi connectivity index (χ4n) is 2.69. The third-order valence-corrected chi connectivity index (χ3v) is 4.60. The van der Waals surface area contributed by atoms with E-state index in [4.69, 9.17) is 9.47 Å². The SMILES string of the molecule is BrCCCc1cc(OCc2ccccc2)cc(OCc2ccccc2)c1. The average molecular weight is 411 g/mol. The summed E-state index contributed by atoms with van der Waals surface area (Å²) in [6, 6.07) is 26.6. The second-order valence-electron chi connectivity index (χ2n) is 6.15. The topological polar surface area (TPSA) is 18.5 Å². The lowest BCUT2D eigenvalue weighted by atomic mass is 10.1. The zero-order chi connectivity index (χ0) is 18.0. The summed E-state index contributed by atoms with van der Waals surface area (Å²) in [7, 11) is 0. The number of rotatable bonds is 9. The molecule has 0 heterocycles. The van der Waals surface area contributed by atoms with Gasteiger partial charge >= 0.3 is 0 Å². The van der Waals surface area contributed by atoms with Gasteiger partial charge in [0, 0.05) is 11.4 Å². The summed E-state index contributed by atoms with van der Waals surface area (Å²) in [5, 5.41) is 0.988. The number of hydrogen-bond acceptors (Lipinski definition) is 2. The smallest absolute Gasteiger partial charge is 0.123 e. The summed E-state index contributed by atoms with van der Waals surface area (Å²) in [5.74, 6) is 1.70. The van der Waals surface area contributed by atoms with Crippen molar-refractivity contribution in [3.63, 3.8) is 0 Å². The van der Waals surface area contributed by atoms with E-state index in [0.29, 0.717) is 13.2 Å². The summed E-state index contributed by atoms with van der Waals surface area (Å²) >= 11 is 3.50. The Bertz CT molecular complexity index is 726. The number of alkyl halides is 1. The van der Waals surface area contributed by atoms with E-state index in [1.807, 2.05) is 42.5 Å². The molecule has 0 fully saturated rings. The molecule has 0 spiro atoms. The van der Waals surface area contributed by atoms with Crippen LogP contribution in [0, 0.1) is 0 Å². The summed E-state index contributed by atoms with van der Waals surface area (Å²) < 4.78 is 12.0. The molecule has 0 aliphatic carbocycles. The predicted molar refractivity (Wildman–Crippen MR) is 110 cm³/mol. The second-order valence-corrected chi connectivity index (χ2v) is 6.95. The maximum absolute atomic E-state index is 6.01. The first-order chi connectivity index (χ1) is 12.8. The average Bonchev–Trinajstić information content (AvgIpc) is 2.71. The molecular weight excluding hydrogens is 388 g/mol. The molecule has 0 saturated carbocycles. The lowest BCUT2D eigenvalue weighted by molar-refractivity contribution is 0.289. The van der Waals surface area contributed by atoms with Gasteiger partial charge in [-0.3, -0.25) is 0 Å². The molecule has 0 radical (unpaired) electrons. The van der Waals surface area contributed by atoms with Crippen LogP contribution in [-0.4, -0.2) is 5.33 Å². The Morgan fingerprint density at radius 3 is 1.58 bits per heavy atom. The fourth-order valence-corrected chi connectivity index (χ4v) is 2.97. The van der Waals surface area contributed by atoms with Crippen molar-refractivity contribution in [1.82, 2.24) is 0 Å². The Kier molecular flexibility index (Phi) is 7.15. The van der Waals surface area contributed by atoms with Crippen molar-refractivity contribution in [2.24, 2.45) is 0 Å². The zero-order valence-electron chi connectivity index (χ0n) is 14.7. The minimum atomic E-state index is 0.556. The van der Waals surface area contributed by atoms with E-state index in [1.165, 1.54) is 5.56 Å². The van der Waals surface area contributed by atoms with Gasteiger partial charge in [-0.25, -0.2) is 0 Å². The quantitative estimate of drug-likeness (QED) is 0.392. The highest BCUT2D eigenvalue weighted by atomic mass is 79.9. The lowest BCUT2D eigenvalue weighted by Gasteiger charge is -2.13. The Balaban J connectivity index is 1.70. The number of ether oxygens (including phenoxy) is 2. The van der Waals surface area contributed by atoms with Gasteiger partial charge in [-0.15, -0.1) is 0 Å². The molecular formula is C23H23BrO2. The first kappa shape index (κ1) is 18.5. The molecule has 3 rings (SSSR count). The van der Waals surface area contributed by atoms with Gasteiger partial charge in [0.05, 0.1) is 0 Å². The second kappa shape index (κ2) is 10.0. The van der Waals surface area contributed by atoms with Gasteiger partial charge in [-0.05, 0) is 41.7 Å². The van der Waals surface area contributed by atoms with Crippen molar-refractivity contribution in [2.45, 2.75) is 26.1 Å². The first-order valence-electron chi connectivity index (χ1n) is 8.87. The van der Waals surface area contributed by atoms with E-state index in [1.54, 1.807) is 0 Å². The van der Waals surface area contributed by atoms with E-state index in [9.17, 15) is 0 Å². The third kappa shape index (κ3) is 5.92. The van der Waals surface area contributed by atoms with E-state index in [0.717, 1.165) is 40.8 Å². The monoisotopic (exact) mass is 410 g/mol. The van der Waals surface area contributed by atoms with E-state index >= 15 is 0 Å². The predicted octanol–water partition coefficient (Wildman–Crippen LogP) is 6.17. The van der Waals surface area contributed by atoms with Gasteiger partial charge in [-0.1, -0.05) is 76.6 Å². The fraction of sp³-hybridized carbons (Fsp3) is 0.217. The van der Waals surface area contributed by atoms with Crippen LogP contribution in [0.15, 0.2) is 78.9 Å². The summed E-state index contributed by atoms with van der Waals surface area (Å²) in [5.41, 5.74) is 3.55. The van der Waals surface area contributed by atoms with Crippen molar-refractivity contribution in [2.75, 3.05) is 5.33 Å². The van der Waals surface area contributed by atoms with Gasteiger partial charge < -0.3 is 9.47 Å². The highest BCUT2D eigenvalue weighted by Gasteiger charge is 2.05. The van der Waals surface area contributed by atoms with Gasteiger partial charge in [-0.2, -0.15) is 0 Å². The number of hydrogen-bond donors (Lipinski definition) is 0. The van der Waals surface area contributed by atoms with Crippen molar-refractivity contribution in [3.8, 4) is 11.5 Å². The molecule has 2 nitrogen and oxygen atoms in total. The number of benzene rings is 3. The first-order valence-corrected chi connectivity index (χ1v) is 9.99.